The number of hydrogen-bond acceptors (Lipinski definition) is 4. The molecule has 0 aromatic carbocycles. The van der Waals surface area contributed by atoms with Gasteiger partial charge in [-0.15, -0.1) is 0 Å². The minimum atomic E-state index is -0.302. The summed E-state index contributed by atoms with van der Waals surface area (Å²) in [7, 11) is 0. The van der Waals surface area contributed by atoms with Crippen LogP contribution in [0.4, 0.5) is 0 Å². The Labute approximate surface area is 186 Å². The fourth-order valence-electron chi connectivity index (χ4n) is 3.49. The molecule has 0 fully saturated rings. The highest BCUT2D eigenvalue weighted by atomic mass is 16.5. The first kappa shape index (κ1) is 28.9. The van der Waals surface area contributed by atoms with Gasteiger partial charge in [-0.25, -0.2) is 0 Å². The monoisotopic (exact) mass is 426 g/mol. The van der Waals surface area contributed by atoms with E-state index < -0.39 is 0 Å². The van der Waals surface area contributed by atoms with E-state index in [1.54, 1.807) is 0 Å². The van der Waals surface area contributed by atoms with Crippen LogP contribution in [0.3, 0.4) is 0 Å². The average molecular weight is 427 g/mol. The molecule has 0 radical (unpaired) electrons. The fraction of sp³-hybridized carbons (Fsp3) is 0.923. The summed E-state index contributed by atoms with van der Waals surface area (Å²) in [6, 6.07) is 0. The second-order valence-electron chi connectivity index (χ2n) is 9.23. The number of hydrogen-bond donors (Lipinski definition) is 0. The summed E-state index contributed by atoms with van der Waals surface area (Å²) < 4.78 is 10.6. The van der Waals surface area contributed by atoms with Gasteiger partial charge in [-0.3, -0.25) is 9.59 Å². The Bertz CT molecular complexity index is 406. The predicted octanol–water partition coefficient (Wildman–Crippen LogP) is 7.77. The smallest absolute Gasteiger partial charge is 0.306 e. The normalized spacial score (nSPS) is 12.2. The molecule has 0 heterocycles. The maximum Gasteiger partial charge on any atom is 0.306 e. The van der Waals surface area contributed by atoms with Gasteiger partial charge in [0.2, 0.25) is 0 Å². The number of carbonyl (C=O) groups excluding carboxylic acids is 2. The van der Waals surface area contributed by atoms with Gasteiger partial charge in [-0.05, 0) is 32.1 Å². The molecule has 4 nitrogen and oxygen atoms in total. The third-order valence-electron chi connectivity index (χ3n) is 5.53. The van der Waals surface area contributed by atoms with Crippen LogP contribution in [0, 0.1) is 5.92 Å². The molecule has 0 aliphatic heterocycles. The molecule has 4 heteroatoms. The molecule has 1 atom stereocenters. The summed E-state index contributed by atoms with van der Waals surface area (Å²) >= 11 is 0. The molecule has 0 aromatic heterocycles. The first-order valence-electron chi connectivity index (χ1n) is 12.8. The summed E-state index contributed by atoms with van der Waals surface area (Å²) in [5, 5.41) is 0. The molecule has 0 saturated heterocycles. The van der Waals surface area contributed by atoms with Crippen molar-refractivity contribution in [3.05, 3.63) is 0 Å². The average Bonchev–Trinajstić information content (AvgIpc) is 2.71. The molecule has 0 saturated carbocycles. The van der Waals surface area contributed by atoms with Crippen LogP contribution in [-0.4, -0.2) is 24.6 Å². The Balaban J connectivity index is 3.38. The first-order valence-corrected chi connectivity index (χ1v) is 12.8. The molecule has 1 unspecified atom stereocenters. The van der Waals surface area contributed by atoms with E-state index >= 15 is 0 Å². The van der Waals surface area contributed by atoms with Crippen molar-refractivity contribution in [2.75, 3.05) is 6.61 Å². The van der Waals surface area contributed by atoms with Gasteiger partial charge in [-0.1, -0.05) is 97.8 Å². The van der Waals surface area contributed by atoms with Crippen LogP contribution >= 0.6 is 0 Å². The first-order chi connectivity index (χ1) is 14.5. The summed E-state index contributed by atoms with van der Waals surface area (Å²) in [5.41, 5.74) is 0. The van der Waals surface area contributed by atoms with E-state index in [-0.39, 0.29) is 30.9 Å². The Morgan fingerprint density at radius 2 is 1.10 bits per heavy atom. The third kappa shape index (κ3) is 21.6. The van der Waals surface area contributed by atoms with Crippen molar-refractivity contribution in [1.82, 2.24) is 0 Å². The molecule has 0 amide bonds. The lowest BCUT2D eigenvalue weighted by atomic mass is 10.0. The van der Waals surface area contributed by atoms with E-state index in [9.17, 15) is 9.59 Å². The molecule has 0 aliphatic carbocycles. The number of unbranched alkanes of at least 4 members (excludes halogenated alkanes) is 12. The summed E-state index contributed by atoms with van der Waals surface area (Å²) in [6.45, 7) is 8.95. The largest absolute Gasteiger partial charge is 0.466 e. The van der Waals surface area contributed by atoms with Gasteiger partial charge >= 0.3 is 11.9 Å². The topological polar surface area (TPSA) is 52.6 Å². The van der Waals surface area contributed by atoms with Crippen LogP contribution in [0.15, 0.2) is 0 Å². The van der Waals surface area contributed by atoms with E-state index in [0.717, 1.165) is 25.7 Å². The summed E-state index contributed by atoms with van der Waals surface area (Å²) in [6.07, 6.45) is 19.0. The molecule has 30 heavy (non-hydrogen) atoms. The lowest BCUT2D eigenvalue weighted by molar-refractivity contribution is -0.153. The highest BCUT2D eigenvalue weighted by Gasteiger charge is 2.13. The number of ether oxygens (including phenoxy) is 2. The maximum atomic E-state index is 11.8. The zero-order valence-corrected chi connectivity index (χ0v) is 20.5. The third-order valence-corrected chi connectivity index (χ3v) is 5.53. The van der Waals surface area contributed by atoms with Crippen molar-refractivity contribution in [1.29, 1.82) is 0 Å². The molecule has 0 N–H and O–H groups in total. The molecular formula is C26H50O4. The van der Waals surface area contributed by atoms with Gasteiger partial charge in [-0.2, -0.15) is 0 Å². The summed E-state index contributed by atoms with van der Waals surface area (Å²) in [4.78, 5) is 23.5. The van der Waals surface area contributed by atoms with Gasteiger partial charge < -0.3 is 9.47 Å². The molecule has 0 spiro atoms. The van der Waals surface area contributed by atoms with Gasteiger partial charge in [0.1, 0.15) is 0 Å². The fourth-order valence-corrected chi connectivity index (χ4v) is 3.49. The van der Waals surface area contributed by atoms with Crippen molar-refractivity contribution < 1.29 is 19.1 Å². The SMILES string of the molecule is CCCCCCCCCCCCCCCOC(=O)CCC(=O)OC(C)CCC(C)C. The van der Waals surface area contributed by atoms with Crippen LogP contribution in [0.2, 0.25) is 0 Å². The van der Waals surface area contributed by atoms with Crippen LogP contribution in [0.25, 0.3) is 0 Å². The van der Waals surface area contributed by atoms with Crippen LogP contribution < -0.4 is 0 Å². The minimum Gasteiger partial charge on any atom is -0.466 e. The van der Waals surface area contributed by atoms with E-state index in [1.807, 2.05) is 6.92 Å². The molecular weight excluding hydrogens is 376 g/mol. The molecule has 0 aliphatic rings. The van der Waals surface area contributed by atoms with Gasteiger partial charge in [0.25, 0.3) is 0 Å². The van der Waals surface area contributed by atoms with Gasteiger partial charge in [0.15, 0.2) is 0 Å². The zero-order valence-electron chi connectivity index (χ0n) is 20.5. The molecule has 0 rings (SSSR count). The lowest BCUT2D eigenvalue weighted by Gasteiger charge is -2.14. The highest BCUT2D eigenvalue weighted by Crippen LogP contribution is 2.13. The lowest BCUT2D eigenvalue weighted by Crippen LogP contribution is -2.17. The van der Waals surface area contributed by atoms with E-state index in [0.29, 0.717) is 12.5 Å². The van der Waals surface area contributed by atoms with Gasteiger partial charge in [0.05, 0.1) is 25.6 Å². The number of rotatable bonds is 21. The Morgan fingerprint density at radius 1 is 0.633 bits per heavy atom. The Kier molecular flexibility index (Phi) is 20.4. The number of esters is 2. The molecule has 0 bridgehead atoms. The highest BCUT2D eigenvalue weighted by molar-refractivity contribution is 5.77. The van der Waals surface area contributed by atoms with Crippen molar-refractivity contribution in [2.24, 2.45) is 5.92 Å². The molecule has 178 valence electrons. The van der Waals surface area contributed by atoms with E-state index in [1.165, 1.54) is 70.6 Å². The second kappa shape index (κ2) is 21.2. The minimum absolute atomic E-state index is 0.0817. The van der Waals surface area contributed by atoms with Crippen LogP contribution in [0.5, 0.6) is 0 Å². The van der Waals surface area contributed by atoms with Gasteiger partial charge in [0, 0.05) is 0 Å². The Hall–Kier alpha value is -1.06. The van der Waals surface area contributed by atoms with Crippen molar-refractivity contribution in [2.45, 2.75) is 143 Å². The molecule has 0 aromatic rings. The number of carbonyl (C=O) groups is 2. The van der Waals surface area contributed by atoms with E-state index in [4.69, 9.17) is 9.47 Å². The van der Waals surface area contributed by atoms with Crippen molar-refractivity contribution >= 4 is 11.9 Å². The second-order valence-corrected chi connectivity index (χ2v) is 9.23. The summed E-state index contributed by atoms with van der Waals surface area (Å²) in [5.74, 6) is 0.0103. The van der Waals surface area contributed by atoms with Crippen molar-refractivity contribution in [3.63, 3.8) is 0 Å². The van der Waals surface area contributed by atoms with Crippen LogP contribution in [-0.2, 0) is 19.1 Å². The zero-order chi connectivity index (χ0) is 22.5. The Morgan fingerprint density at radius 3 is 1.60 bits per heavy atom. The maximum absolute atomic E-state index is 11.8. The van der Waals surface area contributed by atoms with Crippen molar-refractivity contribution in [3.8, 4) is 0 Å². The standard InChI is InChI=1S/C26H50O4/c1-5-6-7-8-9-10-11-12-13-14-15-16-17-22-29-25(27)20-21-26(28)30-24(4)19-18-23(2)3/h23-24H,5-22H2,1-4H3. The van der Waals surface area contributed by atoms with Crippen LogP contribution in [0.1, 0.15) is 137 Å². The van der Waals surface area contributed by atoms with E-state index in [2.05, 4.69) is 20.8 Å². The quantitative estimate of drug-likeness (QED) is 0.139. The predicted molar refractivity (Wildman–Crippen MR) is 126 cm³/mol.